The molecule has 2 aromatic rings. The summed E-state index contributed by atoms with van der Waals surface area (Å²) in [6, 6.07) is 3.67. The van der Waals surface area contributed by atoms with Gasteiger partial charge in [-0.2, -0.15) is 9.49 Å². The Hall–Kier alpha value is -2.77. The van der Waals surface area contributed by atoms with Gasteiger partial charge in [0.05, 0.1) is 11.3 Å². The molecule has 1 aliphatic rings. The monoisotopic (exact) mass is 331 g/mol. The number of rotatable bonds is 3. The molecule has 0 aliphatic carbocycles. The quantitative estimate of drug-likeness (QED) is 0.857. The average Bonchev–Trinajstić information content (AvgIpc) is 2.88. The van der Waals surface area contributed by atoms with Gasteiger partial charge >= 0.3 is 0 Å². The number of halogens is 1. The predicted octanol–water partition coefficient (Wildman–Crippen LogP) is 1.19. The number of amides is 2. The zero-order chi connectivity index (χ0) is 17.3. The topological polar surface area (TPSA) is 80.1 Å². The SMILES string of the molecule is Cc1cc(N2CCC[C@H](NC(=O)c3ccc(F)nc3)C2=O)n(C)n1. The zero-order valence-electron chi connectivity index (χ0n) is 13.5. The lowest BCUT2D eigenvalue weighted by molar-refractivity contribution is -0.121. The van der Waals surface area contributed by atoms with Gasteiger partial charge in [0.2, 0.25) is 5.95 Å². The summed E-state index contributed by atoms with van der Waals surface area (Å²) in [5.41, 5.74) is 1.04. The summed E-state index contributed by atoms with van der Waals surface area (Å²) in [5, 5.41) is 6.96. The van der Waals surface area contributed by atoms with E-state index in [-0.39, 0.29) is 11.5 Å². The average molecular weight is 331 g/mol. The summed E-state index contributed by atoms with van der Waals surface area (Å²) in [5.74, 6) is -0.561. The molecule has 0 bridgehead atoms. The molecule has 7 nitrogen and oxygen atoms in total. The minimum atomic E-state index is -0.655. The molecular formula is C16H18FN5O2. The van der Waals surface area contributed by atoms with Crippen LogP contribution in [0.5, 0.6) is 0 Å². The summed E-state index contributed by atoms with van der Waals surface area (Å²) in [6.45, 7) is 2.45. The summed E-state index contributed by atoms with van der Waals surface area (Å²) in [7, 11) is 1.78. The fourth-order valence-electron chi connectivity index (χ4n) is 2.84. The first-order valence-corrected chi connectivity index (χ1v) is 7.70. The second-order valence-electron chi connectivity index (χ2n) is 5.80. The van der Waals surface area contributed by atoms with Gasteiger partial charge in [0.1, 0.15) is 11.9 Å². The number of aryl methyl sites for hydroxylation is 2. The fourth-order valence-corrected chi connectivity index (χ4v) is 2.84. The van der Waals surface area contributed by atoms with Gasteiger partial charge in [-0.25, -0.2) is 4.98 Å². The molecule has 1 fully saturated rings. The van der Waals surface area contributed by atoms with Crippen LogP contribution in [0.1, 0.15) is 28.9 Å². The maximum Gasteiger partial charge on any atom is 0.253 e. The molecule has 1 atom stereocenters. The highest BCUT2D eigenvalue weighted by Gasteiger charge is 2.32. The third-order valence-electron chi connectivity index (χ3n) is 3.99. The van der Waals surface area contributed by atoms with E-state index in [9.17, 15) is 14.0 Å². The Balaban J connectivity index is 1.74. The normalized spacial score (nSPS) is 17.9. The number of pyridine rings is 1. The molecule has 2 aromatic heterocycles. The fraction of sp³-hybridized carbons (Fsp3) is 0.375. The van der Waals surface area contributed by atoms with Gasteiger partial charge in [-0.1, -0.05) is 0 Å². The van der Waals surface area contributed by atoms with Crippen molar-refractivity contribution in [1.82, 2.24) is 20.1 Å². The van der Waals surface area contributed by atoms with Crippen LogP contribution in [-0.2, 0) is 11.8 Å². The highest BCUT2D eigenvalue weighted by atomic mass is 19.1. The van der Waals surface area contributed by atoms with Crippen molar-refractivity contribution in [2.45, 2.75) is 25.8 Å². The number of carbonyl (C=O) groups excluding carboxylic acids is 2. The minimum absolute atomic E-state index is 0.173. The number of hydrogen-bond acceptors (Lipinski definition) is 4. The largest absolute Gasteiger partial charge is 0.340 e. The smallest absolute Gasteiger partial charge is 0.253 e. The van der Waals surface area contributed by atoms with Crippen molar-refractivity contribution in [3.63, 3.8) is 0 Å². The molecule has 1 saturated heterocycles. The van der Waals surface area contributed by atoms with Crippen molar-refractivity contribution >= 4 is 17.6 Å². The third kappa shape index (κ3) is 3.12. The molecule has 2 amide bonds. The van der Waals surface area contributed by atoms with Crippen molar-refractivity contribution in [3.8, 4) is 0 Å². The van der Waals surface area contributed by atoms with Gasteiger partial charge in [0.25, 0.3) is 11.8 Å². The predicted molar refractivity (Wildman–Crippen MR) is 85.0 cm³/mol. The second kappa shape index (κ2) is 6.38. The first kappa shape index (κ1) is 16.1. The van der Waals surface area contributed by atoms with Crippen LogP contribution in [0.15, 0.2) is 24.4 Å². The third-order valence-corrected chi connectivity index (χ3v) is 3.99. The van der Waals surface area contributed by atoms with Crippen LogP contribution >= 0.6 is 0 Å². The molecule has 126 valence electrons. The van der Waals surface area contributed by atoms with E-state index >= 15 is 0 Å². The summed E-state index contributed by atoms with van der Waals surface area (Å²) >= 11 is 0. The summed E-state index contributed by atoms with van der Waals surface area (Å²) < 4.78 is 14.5. The number of hydrogen-bond donors (Lipinski definition) is 1. The van der Waals surface area contributed by atoms with Gasteiger partial charge in [0.15, 0.2) is 0 Å². The number of aromatic nitrogens is 3. The van der Waals surface area contributed by atoms with Gasteiger partial charge in [0, 0.05) is 25.9 Å². The number of carbonyl (C=O) groups is 2. The molecular weight excluding hydrogens is 313 g/mol. The van der Waals surface area contributed by atoms with Crippen molar-refractivity contribution < 1.29 is 14.0 Å². The van der Waals surface area contributed by atoms with Crippen molar-refractivity contribution in [1.29, 1.82) is 0 Å². The number of nitrogens with zero attached hydrogens (tertiary/aromatic N) is 4. The van der Waals surface area contributed by atoms with E-state index in [1.165, 1.54) is 6.07 Å². The molecule has 0 unspecified atom stereocenters. The Morgan fingerprint density at radius 2 is 2.21 bits per heavy atom. The zero-order valence-corrected chi connectivity index (χ0v) is 13.5. The van der Waals surface area contributed by atoms with Crippen LogP contribution in [0.4, 0.5) is 10.2 Å². The van der Waals surface area contributed by atoms with Crippen LogP contribution in [0.2, 0.25) is 0 Å². The number of anilines is 1. The van der Waals surface area contributed by atoms with Crippen LogP contribution in [-0.4, -0.2) is 39.2 Å². The lowest BCUT2D eigenvalue weighted by Gasteiger charge is -2.32. The first-order chi connectivity index (χ1) is 11.5. The highest BCUT2D eigenvalue weighted by Crippen LogP contribution is 2.21. The van der Waals surface area contributed by atoms with Gasteiger partial charge < -0.3 is 5.32 Å². The molecule has 0 saturated carbocycles. The van der Waals surface area contributed by atoms with E-state index in [1.807, 2.05) is 13.0 Å². The summed E-state index contributed by atoms with van der Waals surface area (Å²) in [4.78, 5) is 30.0. The Labute approximate surface area is 138 Å². The molecule has 1 aliphatic heterocycles. The van der Waals surface area contributed by atoms with E-state index in [0.29, 0.717) is 18.8 Å². The van der Waals surface area contributed by atoms with Crippen LogP contribution < -0.4 is 10.2 Å². The standard InChI is InChI=1S/C16H18FN5O2/c1-10-8-14(21(2)20-10)22-7-3-4-12(16(22)24)19-15(23)11-5-6-13(17)18-9-11/h5-6,8-9,12H,3-4,7H2,1-2H3,(H,19,23)/t12-/m0/s1. The molecule has 24 heavy (non-hydrogen) atoms. The second-order valence-corrected chi connectivity index (χ2v) is 5.80. The molecule has 0 spiro atoms. The lowest BCUT2D eigenvalue weighted by Crippen LogP contribution is -2.52. The Morgan fingerprint density at radius 3 is 2.83 bits per heavy atom. The summed E-state index contributed by atoms with van der Waals surface area (Å²) in [6.07, 6.45) is 2.48. The molecule has 1 N–H and O–H groups in total. The van der Waals surface area contributed by atoms with Crippen LogP contribution in [0.25, 0.3) is 0 Å². The van der Waals surface area contributed by atoms with Crippen molar-refractivity contribution in [3.05, 3.63) is 41.6 Å². The van der Waals surface area contributed by atoms with Gasteiger partial charge in [-0.15, -0.1) is 0 Å². The number of piperidine rings is 1. The van der Waals surface area contributed by atoms with Gasteiger partial charge in [-0.05, 0) is 31.9 Å². The Morgan fingerprint density at radius 1 is 1.42 bits per heavy atom. The molecule has 0 radical (unpaired) electrons. The van der Waals surface area contributed by atoms with Crippen LogP contribution in [0, 0.1) is 12.9 Å². The van der Waals surface area contributed by atoms with Crippen LogP contribution in [0.3, 0.4) is 0 Å². The highest BCUT2D eigenvalue weighted by molar-refractivity contribution is 6.02. The van der Waals surface area contributed by atoms with Crippen molar-refractivity contribution in [2.24, 2.45) is 7.05 Å². The minimum Gasteiger partial charge on any atom is -0.340 e. The van der Waals surface area contributed by atoms with Crippen molar-refractivity contribution in [2.75, 3.05) is 11.4 Å². The molecule has 8 heteroatoms. The van der Waals surface area contributed by atoms with Gasteiger partial charge in [-0.3, -0.25) is 19.2 Å². The lowest BCUT2D eigenvalue weighted by atomic mass is 10.0. The molecule has 3 rings (SSSR count). The van der Waals surface area contributed by atoms with E-state index in [0.717, 1.165) is 24.4 Å². The van der Waals surface area contributed by atoms with E-state index in [2.05, 4.69) is 15.4 Å². The molecule has 0 aromatic carbocycles. The van der Waals surface area contributed by atoms with E-state index < -0.39 is 17.9 Å². The maximum absolute atomic E-state index is 12.8. The van der Waals surface area contributed by atoms with E-state index in [1.54, 1.807) is 16.6 Å². The molecule has 3 heterocycles. The Bertz CT molecular complexity index is 771. The first-order valence-electron chi connectivity index (χ1n) is 7.70. The van der Waals surface area contributed by atoms with E-state index in [4.69, 9.17) is 0 Å². The maximum atomic E-state index is 12.8. The Kier molecular flexibility index (Phi) is 4.28. The number of nitrogens with one attached hydrogen (secondary N) is 1.